The molecule has 61 heavy (non-hydrogen) atoms. The van der Waals surface area contributed by atoms with Crippen molar-refractivity contribution in [3.05, 3.63) is 265 Å². The predicted octanol–water partition coefficient (Wildman–Crippen LogP) is 15.4. The van der Waals surface area contributed by atoms with E-state index in [9.17, 15) is 0 Å². The summed E-state index contributed by atoms with van der Waals surface area (Å²) in [4.78, 5) is 2.44. The molecule has 0 saturated carbocycles. The maximum Gasteiger partial charge on any atom is 0.0714 e. The van der Waals surface area contributed by atoms with Crippen molar-refractivity contribution in [2.45, 2.75) is 5.41 Å². The maximum atomic E-state index is 2.46. The molecule has 0 saturated heterocycles. The van der Waals surface area contributed by atoms with E-state index in [0.29, 0.717) is 0 Å². The molecular weight excluding hydrogens is 737 g/mol. The highest BCUT2D eigenvalue weighted by Crippen LogP contribution is 2.57. The third-order valence-corrected chi connectivity index (χ3v) is 12.8. The number of hydrogen-bond acceptors (Lipinski definition) is 1. The van der Waals surface area contributed by atoms with Crippen LogP contribution >= 0.6 is 0 Å². The first-order valence-corrected chi connectivity index (χ1v) is 21.1. The largest absolute Gasteiger partial charge is 0.310 e. The Bertz CT molecular complexity index is 3350. The van der Waals surface area contributed by atoms with E-state index in [1.54, 1.807) is 0 Å². The zero-order valence-corrected chi connectivity index (χ0v) is 33.5. The average Bonchev–Trinajstić information content (AvgIpc) is 3.84. The lowest BCUT2D eigenvalue weighted by atomic mass is 9.67. The molecule has 0 N–H and O–H groups in total. The van der Waals surface area contributed by atoms with Crippen LogP contribution in [-0.2, 0) is 5.41 Å². The van der Waals surface area contributed by atoms with E-state index >= 15 is 0 Å². The molecule has 0 radical (unpaired) electrons. The van der Waals surface area contributed by atoms with E-state index in [4.69, 9.17) is 0 Å². The van der Waals surface area contributed by atoms with Crippen LogP contribution in [0.3, 0.4) is 0 Å². The Kier molecular flexibility index (Phi) is 8.11. The lowest BCUT2D eigenvalue weighted by Crippen LogP contribution is -2.28. The quantitative estimate of drug-likeness (QED) is 0.156. The van der Waals surface area contributed by atoms with Crippen LogP contribution in [0.4, 0.5) is 17.1 Å². The summed E-state index contributed by atoms with van der Waals surface area (Å²) in [5, 5.41) is 4.92. The van der Waals surface area contributed by atoms with E-state index in [-0.39, 0.29) is 0 Å². The standard InChI is InChI=1S/C59H40N2/c1-5-17-41(18-6-1)42-29-32-47(33-30-42)60(48-34-37-50-43(39-48)31-36-54-53-26-14-16-28-57(53)61(58(50)54)46-23-11-4-12-24-46)49-35-38-52-51-25-13-15-27-55(51)59(56(52)40-49,44-19-7-2-8-20-44)45-21-9-3-10-22-45/h1-40H. The molecule has 0 unspecified atom stereocenters. The van der Waals surface area contributed by atoms with Gasteiger partial charge in [0.25, 0.3) is 0 Å². The fraction of sp³-hybridized carbons (Fsp3) is 0.0169. The van der Waals surface area contributed by atoms with Gasteiger partial charge in [0.1, 0.15) is 0 Å². The average molecular weight is 777 g/mol. The molecular formula is C59H40N2. The van der Waals surface area contributed by atoms with Gasteiger partial charge in [-0.05, 0) is 104 Å². The number of benzene rings is 10. The molecule has 11 aromatic rings. The van der Waals surface area contributed by atoms with Gasteiger partial charge in [-0.3, -0.25) is 0 Å². The minimum atomic E-state index is -0.507. The van der Waals surface area contributed by atoms with E-state index in [1.807, 2.05) is 0 Å². The second-order valence-corrected chi connectivity index (χ2v) is 16.1. The Morgan fingerprint density at radius 3 is 1.62 bits per heavy atom. The van der Waals surface area contributed by atoms with Crippen LogP contribution in [-0.4, -0.2) is 4.57 Å². The molecule has 0 amide bonds. The second-order valence-electron chi connectivity index (χ2n) is 16.1. The summed E-state index contributed by atoms with van der Waals surface area (Å²) in [6.07, 6.45) is 0. The molecule has 12 rings (SSSR count). The first-order valence-electron chi connectivity index (χ1n) is 21.1. The lowest BCUT2D eigenvalue weighted by Gasteiger charge is -2.35. The molecule has 1 aliphatic carbocycles. The fourth-order valence-electron chi connectivity index (χ4n) is 10.2. The monoisotopic (exact) mass is 776 g/mol. The van der Waals surface area contributed by atoms with Gasteiger partial charge >= 0.3 is 0 Å². The molecule has 1 heterocycles. The van der Waals surface area contributed by atoms with Gasteiger partial charge in [0.15, 0.2) is 0 Å². The second kappa shape index (κ2) is 14.1. The van der Waals surface area contributed by atoms with Crippen molar-refractivity contribution >= 4 is 49.6 Å². The van der Waals surface area contributed by atoms with Gasteiger partial charge in [0.2, 0.25) is 0 Å². The van der Waals surface area contributed by atoms with Gasteiger partial charge in [-0.15, -0.1) is 0 Å². The van der Waals surface area contributed by atoms with E-state index in [2.05, 4.69) is 252 Å². The summed E-state index contributed by atoms with van der Waals surface area (Å²) in [6, 6.07) is 89.0. The van der Waals surface area contributed by atoms with Crippen LogP contribution in [0.2, 0.25) is 0 Å². The smallest absolute Gasteiger partial charge is 0.0714 e. The molecule has 0 atom stereocenters. The van der Waals surface area contributed by atoms with Crippen molar-refractivity contribution in [3.8, 4) is 27.9 Å². The molecule has 286 valence electrons. The molecule has 0 aliphatic heterocycles. The number of rotatable bonds is 7. The van der Waals surface area contributed by atoms with Crippen LogP contribution < -0.4 is 4.90 Å². The first kappa shape index (κ1) is 35.0. The summed E-state index contributed by atoms with van der Waals surface area (Å²) in [5.41, 5.74) is 16.4. The summed E-state index contributed by atoms with van der Waals surface area (Å²) in [7, 11) is 0. The number of nitrogens with zero attached hydrogens (tertiary/aromatic N) is 2. The minimum absolute atomic E-state index is 0.507. The van der Waals surface area contributed by atoms with Crippen molar-refractivity contribution in [2.75, 3.05) is 4.90 Å². The summed E-state index contributed by atoms with van der Waals surface area (Å²) >= 11 is 0. The van der Waals surface area contributed by atoms with Gasteiger partial charge in [-0.25, -0.2) is 0 Å². The number of aromatic nitrogens is 1. The maximum absolute atomic E-state index is 2.46. The van der Waals surface area contributed by atoms with Crippen molar-refractivity contribution in [2.24, 2.45) is 0 Å². The van der Waals surface area contributed by atoms with E-state index in [1.165, 1.54) is 77.1 Å². The van der Waals surface area contributed by atoms with Crippen LogP contribution in [0.5, 0.6) is 0 Å². The number of fused-ring (bicyclic) bond motifs is 8. The molecule has 10 aromatic carbocycles. The third kappa shape index (κ3) is 5.43. The van der Waals surface area contributed by atoms with Crippen molar-refractivity contribution < 1.29 is 0 Å². The van der Waals surface area contributed by atoms with Crippen LogP contribution in [0.15, 0.2) is 243 Å². The van der Waals surface area contributed by atoms with Gasteiger partial charge in [-0.1, -0.05) is 188 Å². The number of anilines is 3. The molecule has 0 bridgehead atoms. The molecule has 1 aromatic heterocycles. The van der Waals surface area contributed by atoms with Crippen LogP contribution in [0, 0.1) is 0 Å². The highest BCUT2D eigenvalue weighted by atomic mass is 15.1. The van der Waals surface area contributed by atoms with E-state index in [0.717, 1.165) is 22.7 Å². The van der Waals surface area contributed by atoms with Crippen LogP contribution in [0.25, 0.3) is 60.5 Å². The molecule has 1 aliphatic rings. The number of hydrogen-bond donors (Lipinski definition) is 0. The van der Waals surface area contributed by atoms with Crippen molar-refractivity contribution in [3.63, 3.8) is 0 Å². The topological polar surface area (TPSA) is 8.17 Å². The minimum Gasteiger partial charge on any atom is -0.310 e. The van der Waals surface area contributed by atoms with Gasteiger partial charge in [-0.2, -0.15) is 0 Å². The van der Waals surface area contributed by atoms with Gasteiger partial charge in [0.05, 0.1) is 16.4 Å². The molecule has 0 fully saturated rings. The first-order chi connectivity index (χ1) is 30.3. The number of para-hydroxylation sites is 2. The Hall–Kier alpha value is -7.94. The van der Waals surface area contributed by atoms with Gasteiger partial charge in [0, 0.05) is 38.9 Å². The molecule has 2 heteroatoms. The van der Waals surface area contributed by atoms with Crippen molar-refractivity contribution in [1.82, 2.24) is 4.57 Å². The molecule has 2 nitrogen and oxygen atoms in total. The van der Waals surface area contributed by atoms with Crippen LogP contribution in [0.1, 0.15) is 22.3 Å². The summed E-state index contributed by atoms with van der Waals surface area (Å²) in [5.74, 6) is 0. The zero-order chi connectivity index (χ0) is 40.3. The van der Waals surface area contributed by atoms with E-state index < -0.39 is 5.41 Å². The highest BCUT2D eigenvalue weighted by molar-refractivity contribution is 6.19. The SMILES string of the molecule is c1ccc(-c2ccc(N(c3ccc4c(c3)C(c3ccccc3)(c3ccccc3)c3ccccc3-4)c3ccc4c(ccc5c6ccccc6n(-c6ccccc6)c45)c3)cc2)cc1. The Labute approximate surface area is 355 Å². The summed E-state index contributed by atoms with van der Waals surface area (Å²) < 4.78 is 2.43. The third-order valence-electron chi connectivity index (χ3n) is 12.8. The van der Waals surface area contributed by atoms with Crippen molar-refractivity contribution in [1.29, 1.82) is 0 Å². The Morgan fingerprint density at radius 1 is 0.344 bits per heavy atom. The predicted molar refractivity (Wildman–Crippen MR) is 256 cm³/mol. The zero-order valence-electron chi connectivity index (χ0n) is 33.5. The lowest BCUT2D eigenvalue weighted by molar-refractivity contribution is 0.768. The Balaban J connectivity index is 1.10. The van der Waals surface area contributed by atoms with Gasteiger partial charge < -0.3 is 9.47 Å². The molecule has 0 spiro atoms. The highest BCUT2D eigenvalue weighted by Gasteiger charge is 2.46. The fourth-order valence-corrected chi connectivity index (χ4v) is 10.2. The Morgan fingerprint density at radius 2 is 0.885 bits per heavy atom. The normalized spacial score (nSPS) is 12.7. The summed E-state index contributed by atoms with van der Waals surface area (Å²) in [6.45, 7) is 0.